The Labute approximate surface area is 187 Å². The normalized spacial score (nSPS) is 12.4. The summed E-state index contributed by atoms with van der Waals surface area (Å²) in [5.41, 5.74) is 0.762. The van der Waals surface area contributed by atoms with Crippen molar-refractivity contribution in [2.24, 2.45) is 0 Å². The van der Waals surface area contributed by atoms with Crippen molar-refractivity contribution in [2.75, 3.05) is 12.0 Å². The molecule has 0 spiro atoms. The van der Waals surface area contributed by atoms with Crippen molar-refractivity contribution in [1.29, 1.82) is 0 Å². The van der Waals surface area contributed by atoms with Gasteiger partial charge in [0.2, 0.25) is 0 Å². The molecule has 1 atom stereocenters. The van der Waals surface area contributed by atoms with Crippen LogP contribution in [0.25, 0.3) is 22.2 Å². The predicted molar refractivity (Wildman–Crippen MR) is 122 cm³/mol. The Morgan fingerprint density at radius 1 is 1.28 bits per heavy atom. The van der Waals surface area contributed by atoms with E-state index in [9.17, 15) is 0 Å². The maximum atomic E-state index is 6.07. The summed E-state index contributed by atoms with van der Waals surface area (Å²) in [5.74, 6) is 3.44. The maximum absolute atomic E-state index is 6.07. The van der Waals surface area contributed by atoms with Gasteiger partial charge in [0.15, 0.2) is 17.5 Å². The Kier molecular flexibility index (Phi) is 6.59. The molecule has 0 aliphatic carbocycles. The third-order valence-electron chi connectivity index (χ3n) is 4.25. The Balaban J connectivity index is 1.65. The van der Waals surface area contributed by atoms with Gasteiger partial charge in [-0.1, -0.05) is 28.9 Å². The second kappa shape index (κ2) is 9.34. The number of benzene rings is 1. The molecular formula is C19H18ClN5OS3. The van der Waals surface area contributed by atoms with Gasteiger partial charge in [0.1, 0.15) is 5.25 Å². The molecule has 1 aromatic carbocycles. The average Bonchev–Trinajstić information content (AvgIpc) is 3.47. The molecule has 0 aliphatic rings. The van der Waals surface area contributed by atoms with Gasteiger partial charge >= 0.3 is 0 Å². The molecular weight excluding hydrogens is 446 g/mol. The van der Waals surface area contributed by atoms with Crippen LogP contribution in [0.5, 0.6) is 0 Å². The molecule has 0 saturated carbocycles. The predicted octanol–water partition coefficient (Wildman–Crippen LogP) is 5.48. The summed E-state index contributed by atoms with van der Waals surface area (Å²) >= 11 is 14.3. The van der Waals surface area contributed by atoms with E-state index in [0.29, 0.717) is 22.6 Å². The van der Waals surface area contributed by atoms with Gasteiger partial charge in [-0.15, -0.1) is 21.5 Å². The van der Waals surface area contributed by atoms with Crippen LogP contribution in [-0.2, 0) is 6.54 Å². The monoisotopic (exact) mass is 463 g/mol. The minimum Gasteiger partial charge on any atom is -0.334 e. The van der Waals surface area contributed by atoms with E-state index in [-0.39, 0.29) is 0 Å². The Hall–Kier alpha value is -1.81. The molecule has 3 heterocycles. The number of rotatable bonds is 8. The fraction of sp³-hybridized carbons (Fsp3) is 0.263. The molecule has 10 heteroatoms. The van der Waals surface area contributed by atoms with E-state index >= 15 is 0 Å². The number of nitrogens with zero attached hydrogens (tertiary/aromatic N) is 5. The number of thioether (sulfide) groups is 1. The van der Waals surface area contributed by atoms with Crippen molar-refractivity contribution in [3.63, 3.8) is 0 Å². The maximum Gasteiger partial charge on any atom is 0.258 e. The lowest BCUT2D eigenvalue weighted by molar-refractivity contribution is 0.422. The lowest BCUT2D eigenvalue weighted by Gasteiger charge is -2.11. The van der Waals surface area contributed by atoms with Crippen LogP contribution in [0.15, 0.2) is 46.3 Å². The van der Waals surface area contributed by atoms with Crippen LogP contribution in [0.3, 0.4) is 0 Å². The summed E-state index contributed by atoms with van der Waals surface area (Å²) in [4.78, 5) is 5.58. The highest BCUT2D eigenvalue weighted by Crippen LogP contribution is 2.32. The highest BCUT2D eigenvalue weighted by Gasteiger charge is 2.25. The van der Waals surface area contributed by atoms with Crippen LogP contribution in [0, 0.1) is 0 Å². The van der Waals surface area contributed by atoms with Gasteiger partial charge in [0.25, 0.3) is 5.89 Å². The molecule has 3 aromatic heterocycles. The molecule has 0 bridgehead atoms. The molecule has 4 rings (SSSR count). The molecule has 0 amide bonds. The number of halogens is 1. The van der Waals surface area contributed by atoms with Gasteiger partial charge in [-0.25, -0.2) is 0 Å². The average molecular weight is 464 g/mol. The summed E-state index contributed by atoms with van der Waals surface area (Å²) < 4.78 is 7.54. The van der Waals surface area contributed by atoms with Gasteiger partial charge in [0.05, 0.1) is 4.88 Å². The number of thiophene rings is 1. The van der Waals surface area contributed by atoms with E-state index < -0.39 is 5.25 Å². The number of aromatic nitrogens is 5. The van der Waals surface area contributed by atoms with E-state index in [2.05, 4.69) is 31.2 Å². The van der Waals surface area contributed by atoms with E-state index in [1.165, 1.54) is 0 Å². The summed E-state index contributed by atoms with van der Waals surface area (Å²) in [5, 5.41) is 15.1. The Morgan fingerprint density at radius 3 is 2.93 bits per heavy atom. The zero-order chi connectivity index (χ0) is 20.2. The first-order valence-corrected chi connectivity index (χ1v) is 12.1. The number of thiol groups is 1. The smallest absolute Gasteiger partial charge is 0.258 e. The molecule has 0 aliphatic heterocycles. The summed E-state index contributed by atoms with van der Waals surface area (Å²) in [6.45, 7) is 0.798. The van der Waals surface area contributed by atoms with Crippen LogP contribution in [-0.4, -0.2) is 36.9 Å². The van der Waals surface area contributed by atoms with Gasteiger partial charge in [-0.05, 0) is 48.1 Å². The third-order valence-corrected chi connectivity index (χ3v) is 6.51. The second-order valence-electron chi connectivity index (χ2n) is 6.23. The zero-order valence-corrected chi connectivity index (χ0v) is 18.8. The molecule has 4 aromatic rings. The molecule has 6 nitrogen and oxygen atoms in total. The SMILES string of the molecule is CSCCCn1c(-c2cccs2)nnc1C(S)c1noc(-c2cccc(Cl)c2)n1. The van der Waals surface area contributed by atoms with E-state index in [0.717, 1.165) is 35.0 Å². The van der Waals surface area contributed by atoms with Crippen molar-refractivity contribution >= 4 is 47.3 Å². The lowest BCUT2D eigenvalue weighted by atomic mass is 10.2. The second-order valence-corrected chi connectivity index (χ2v) is 9.11. The lowest BCUT2D eigenvalue weighted by Crippen LogP contribution is -2.10. The molecule has 0 fully saturated rings. The first-order chi connectivity index (χ1) is 14.2. The molecule has 0 radical (unpaired) electrons. The molecule has 1 unspecified atom stereocenters. The highest BCUT2D eigenvalue weighted by molar-refractivity contribution is 7.98. The number of hydrogen-bond donors (Lipinski definition) is 1. The van der Waals surface area contributed by atoms with Crippen molar-refractivity contribution in [2.45, 2.75) is 18.2 Å². The summed E-state index contributed by atoms with van der Waals surface area (Å²) in [7, 11) is 0. The van der Waals surface area contributed by atoms with Crippen molar-refractivity contribution < 1.29 is 4.52 Å². The summed E-state index contributed by atoms with van der Waals surface area (Å²) in [6, 6.07) is 11.4. The van der Waals surface area contributed by atoms with E-state index in [1.807, 2.05) is 41.4 Å². The quantitative estimate of drug-likeness (QED) is 0.275. The van der Waals surface area contributed by atoms with Crippen molar-refractivity contribution in [3.05, 3.63) is 58.4 Å². The first kappa shape index (κ1) is 20.5. The Bertz CT molecular complexity index is 1080. The molecule has 0 N–H and O–H groups in total. The molecule has 0 saturated heterocycles. The third kappa shape index (κ3) is 4.53. The van der Waals surface area contributed by atoms with Crippen molar-refractivity contribution in [1.82, 2.24) is 24.9 Å². The van der Waals surface area contributed by atoms with Gasteiger partial charge in [-0.3, -0.25) is 0 Å². The van der Waals surface area contributed by atoms with Crippen LogP contribution < -0.4 is 0 Å². The van der Waals surface area contributed by atoms with E-state index in [1.54, 1.807) is 23.5 Å². The topological polar surface area (TPSA) is 69.6 Å². The van der Waals surface area contributed by atoms with Crippen LogP contribution in [0.4, 0.5) is 0 Å². The van der Waals surface area contributed by atoms with Crippen LogP contribution in [0.2, 0.25) is 5.02 Å². The summed E-state index contributed by atoms with van der Waals surface area (Å²) in [6.07, 6.45) is 3.11. The highest BCUT2D eigenvalue weighted by atomic mass is 35.5. The number of hydrogen-bond acceptors (Lipinski definition) is 8. The van der Waals surface area contributed by atoms with Crippen LogP contribution >= 0.6 is 47.3 Å². The van der Waals surface area contributed by atoms with Gasteiger partial charge in [-0.2, -0.15) is 29.4 Å². The fourth-order valence-electron chi connectivity index (χ4n) is 2.89. The molecule has 150 valence electrons. The fourth-order valence-corrected chi connectivity index (χ4v) is 4.51. The minimum atomic E-state index is -0.456. The van der Waals surface area contributed by atoms with Gasteiger partial charge < -0.3 is 9.09 Å². The minimum absolute atomic E-state index is 0.397. The first-order valence-electron chi connectivity index (χ1n) is 8.91. The standard InChI is InChI=1S/C19H18ClN5OS3/c1-28-9-4-8-25-17(14-7-3-10-29-14)22-23-18(25)15(27)16-21-19(26-24-16)12-5-2-6-13(20)11-12/h2-3,5-7,10-11,15,27H,4,8-9H2,1H3. The largest absolute Gasteiger partial charge is 0.334 e. The van der Waals surface area contributed by atoms with Crippen LogP contribution in [0.1, 0.15) is 23.3 Å². The van der Waals surface area contributed by atoms with E-state index in [4.69, 9.17) is 28.8 Å². The van der Waals surface area contributed by atoms with Gasteiger partial charge in [0, 0.05) is 17.1 Å². The Morgan fingerprint density at radius 2 is 2.17 bits per heavy atom. The van der Waals surface area contributed by atoms with Crippen molar-refractivity contribution in [3.8, 4) is 22.2 Å². The zero-order valence-electron chi connectivity index (χ0n) is 15.5. The molecule has 29 heavy (non-hydrogen) atoms.